The normalized spacial score (nSPS) is 11.0. The number of nitro benzene ring substituents is 1. The summed E-state index contributed by atoms with van der Waals surface area (Å²) in [5, 5.41) is 19.6. The van der Waals surface area contributed by atoms with Crippen LogP contribution in [-0.4, -0.2) is 19.0 Å². The summed E-state index contributed by atoms with van der Waals surface area (Å²) in [5.74, 6) is 0. The molecular weight excluding hydrogens is 292 g/mol. The van der Waals surface area contributed by atoms with Crippen LogP contribution in [0.4, 0.5) is 22.7 Å². The Labute approximate surface area is 135 Å². The summed E-state index contributed by atoms with van der Waals surface area (Å²) in [6.07, 6.45) is 0. The van der Waals surface area contributed by atoms with Crippen molar-refractivity contribution in [2.24, 2.45) is 10.2 Å². The first-order valence-electron chi connectivity index (χ1n) is 7.25. The molecule has 0 bridgehead atoms. The molecule has 0 aliphatic carbocycles. The molecule has 0 aliphatic heterocycles. The van der Waals surface area contributed by atoms with E-state index in [1.165, 1.54) is 6.07 Å². The topological polar surface area (TPSA) is 71.1 Å². The van der Waals surface area contributed by atoms with E-state index in [0.29, 0.717) is 11.4 Å². The van der Waals surface area contributed by atoms with Crippen molar-refractivity contribution in [1.29, 1.82) is 0 Å². The van der Waals surface area contributed by atoms with Gasteiger partial charge in [-0.05, 0) is 55.7 Å². The molecule has 0 spiro atoms. The van der Waals surface area contributed by atoms with Gasteiger partial charge in [0.2, 0.25) is 0 Å². The van der Waals surface area contributed by atoms with Crippen LogP contribution in [0.3, 0.4) is 0 Å². The lowest BCUT2D eigenvalue weighted by molar-refractivity contribution is -0.384. The van der Waals surface area contributed by atoms with Crippen LogP contribution < -0.4 is 4.90 Å². The highest BCUT2D eigenvalue weighted by Gasteiger charge is 2.16. The van der Waals surface area contributed by atoms with Crippen LogP contribution in [0.25, 0.3) is 0 Å². The molecule has 0 N–H and O–H groups in total. The van der Waals surface area contributed by atoms with E-state index in [1.54, 1.807) is 6.92 Å². The maximum atomic E-state index is 11.2. The van der Waals surface area contributed by atoms with Gasteiger partial charge in [-0.15, -0.1) is 5.11 Å². The van der Waals surface area contributed by atoms with Crippen molar-refractivity contribution < 1.29 is 4.92 Å². The zero-order valence-electron chi connectivity index (χ0n) is 14.0. The quantitative estimate of drug-likeness (QED) is 0.453. The second-order valence-electron chi connectivity index (χ2n) is 5.77. The average Bonchev–Trinajstić information content (AvgIpc) is 2.46. The van der Waals surface area contributed by atoms with E-state index < -0.39 is 4.92 Å². The molecule has 0 aliphatic rings. The molecular formula is C17H20N4O2. The van der Waals surface area contributed by atoms with Crippen LogP contribution in [-0.2, 0) is 0 Å². The Hall–Kier alpha value is -2.76. The predicted octanol–water partition coefficient (Wildman–Crippen LogP) is 5.00. The van der Waals surface area contributed by atoms with Crippen molar-refractivity contribution in [3.8, 4) is 0 Å². The molecule has 0 radical (unpaired) electrons. The van der Waals surface area contributed by atoms with Crippen LogP contribution in [0.2, 0.25) is 0 Å². The molecule has 23 heavy (non-hydrogen) atoms. The lowest BCUT2D eigenvalue weighted by Gasteiger charge is -2.13. The van der Waals surface area contributed by atoms with E-state index in [2.05, 4.69) is 10.2 Å². The van der Waals surface area contributed by atoms with Crippen LogP contribution in [0.1, 0.15) is 16.7 Å². The Morgan fingerprint density at radius 1 is 1.00 bits per heavy atom. The molecule has 0 saturated heterocycles. The minimum absolute atomic E-state index is 0.0196. The van der Waals surface area contributed by atoms with E-state index >= 15 is 0 Å². The highest BCUT2D eigenvalue weighted by Crippen LogP contribution is 2.34. The molecule has 0 fully saturated rings. The van der Waals surface area contributed by atoms with Gasteiger partial charge in [0, 0.05) is 25.8 Å². The monoisotopic (exact) mass is 312 g/mol. The second-order valence-corrected chi connectivity index (χ2v) is 5.77. The fourth-order valence-electron chi connectivity index (χ4n) is 2.34. The maximum Gasteiger partial charge on any atom is 0.297 e. The Kier molecular flexibility index (Phi) is 4.74. The third-order valence-electron chi connectivity index (χ3n) is 3.58. The van der Waals surface area contributed by atoms with Gasteiger partial charge < -0.3 is 4.90 Å². The zero-order chi connectivity index (χ0) is 17.1. The van der Waals surface area contributed by atoms with Crippen LogP contribution >= 0.6 is 0 Å². The predicted molar refractivity (Wildman–Crippen MR) is 92.3 cm³/mol. The molecule has 0 saturated carbocycles. The first-order valence-corrected chi connectivity index (χ1v) is 7.25. The van der Waals surface area contributed by atoms with E-state index in [0.717, 1.165) is 22.4 Å². The number of aryl methyl sites for hydroxylation is 3. The summed E-state index contributed by atoms with van der Waals surface area (Å²) in [7, 11) is 3.93. The van der Waals surface area contributed by atoms with E-state index in [1.807, 2.05) is 57.1 Å². The molecule has 0 unspecified atom stereocenters. The number of anilines is 1. The summed E-state index contributed by atoms with van der Waals surface area (Å²) in [6, 6.07) is 9.19. The van der Waals surface area contributed by atoms with Crippen molar-refractivity contribution in [2.75, 3.05) is 19.0 Å². The van der Waals surface area contributed by atoms with Crippen molar-refractivity contribution in [3.05, 3.63) is 57.1 Å². The molecule has 6 nitrogen and oxygen atoms in total. The Bertz CT molecular complexity index is 782. The number of rotatable bonds is 4. The molecule has 0 heterocycles. The highest BCUT2D eigenvalue weighted by molar-refractivity contribution is 5.64. The Balaban J connectivity index is 2.43. The molecule has 2 rings (SSSR count). The third kappa shape index (κ3) is 3.71. The van der Waals surface area contributed by atoms with E-state index in [9.17, 15) is 10.1 Å². The summed E-state index contributed by atoms with van der Waals surface area (Å²) in [6.45, 7) is 5.57. The minimum Gasteiger partial charge on any atom is -0.378 e. The van der Waals surface area contributed by atoms with Gasteiger partial charge in [-0.2, -0.15) is 5.11 Å². The zero-order valence-corrected chi connectivity index (χ0v) is 14.0. The van der Waals surface area contributed by atoms with Gasteiger partial charge in [0.05, 0.1) is 10.6 Å². The van der Waals surface area contributed by atoms with E-state index in [-0.39, 0.29) is 5.69 Å². The van der Waals surface area contributed by atoms with Gasteiger partial charge in [-0.1, -0.05) is 6.07 Å². The molecule has 0 aromatic heterocycles. The average molecular weight is 312 g/mol. The van der Waals surface area contributed by atoms with Gasteiger partial charge >= 0.3 is 0 Å². The summed E-state index contributed by atoms with van der Waals surface area (Å²) in [5.41, 5.74) is 4.59. The van der Waals surface area contributed by atoms with Gasteiger partial charge in [0.25, 0.3) is 5.69 Å². The Morgan fingerprint density at radius 3 is 2.26 bits per heavy atom. The number of benzene rings is 2. The number of azo groups is 1. The van der Waals surface area contributed by atoms with Crippen LogP contribution in [0, 0.1) is 30.9 Å². The van der Waals surface area contributed by atoms with Crippen molar-refractivity contribution >= 4 is 22.7 Å². The number of hydrogen-bond acceptors (Lipinski definition) is 5. The van der Waals surface area contributed by atoms with Gasteiger partial charge in [0.1, 0.15) is 0 Å². The van der Waals surface area contributed by atoms with Gasteiger partial charge in [-0.25, -0.2) is 0 Å². The summed E-state index contributed by atoms with van der Waals surface area (Å²) < 4.78 is 0. The fraction of sp³-hybridized carbons (Fsp3) is 0.294. The van der Waals surface area contributed by atoms with E-state index in [4.69, 9.17) is 0 Å². The van der Waals surface area contributed by atoms with Crippen molar-refractivity contribution in [1.82, 2.24) is 0 Å². The first kappa shape index (κ1) is 16.6. The van der Waals surface area contributed by atoms with Gasteiger partial charge in [-0.3, -0.25) is 10.1 Å². The number of hydrogen-bond donors (Lipinski definition) is 0. The molecule has 0 amide bonds. The summed E-state index contributed by atoms with van der Waals surface area (Å²) >= 11 is 0. The van der Waals surface area contributed by atoms with Crippen LogP contribution in [0.15, 0.2) is 40.6 Å². The minimum atomic E-state index is -0.420. The fourth-order valence-corrected chi connectivity index (χ4v) is 2.34. The molecule has 6 heteroatoms. The molecule has 2 aromatic carbocycles. The molecule has 2 aromatic rings. The lowest BCUT2D eigenvalue weighted by atomic mass is 10.1. The largest absolute Gasteiger partial charge is 0.378 e. The first-order chi connectivity index (χ1) is 10.8. The number of nitrogens with zero attached hydrogens (tertiary/aromatic N) is 4. The lowest BCUT2D eigenvalue weighted by Crippen LogP contribution is -2.08. The maximum absolute atomic E-state index is 11.2. The van der Waals surface area contributed by atoms with Crippen molar-refractivity contribution in [2.45, 2.75) is 20.8 Å². The molecule has 120 valence electrons. The standard InChI is InChI=1S/C17H20N4O2/c1-11-8-13(3)17(16(9-11)21(22)23)19-18-15-7-6-14(20(4)5)10-12(15)2/h6-10H,1-5H3. The Morgan fingerprint density at radius 2 is 1.70 bits per heavy atom. The third-order valence-corrected chi connectivity index (χ3v) is 3.58. The number of nitro groups is 1. The second kappa shape index (κ2) is 6.56. The summed E-state index contributed by atoms with van der Waals surface area (Å²) in [4.78, 5) is 12.8. The molecule has 0 atom stereocenters. The van der Waals surface area contributed by atoms with Crippen LogP contribution in [0.5, 0.6) is 0 Å². The highest BCUT2D eigenvalue weighted by atomic mass is 16.6. The van der Waals surface area contributed by atoms with Gasteiger partial charge in [0.15, 0.2) is 5.69 Å². The smallest absolute Gasteiger partial charge is 0.297 e. The SMILES string of the molecule is Cc1cc(C)c(N=Nc2ccc(N(C)C)cc2C)c([N+](=O)[O-])c1. The van der Waals surface area contributed by atoms with Crippen molar-refractivity contribution in [3.63, 3.8) is 0 Å².